The molecule has 2 rings (SSSR count). The number of methoxy groups -OCH3 is 1. The lowest BCUT2D eigenvalue weighted by Gasteiger charge is -2.21. The summed E-state index contributed by atoms with van der Waals surface area (Å²) in [6, 6.07) is 11.9. The van der Waals surface area contributed by atoms with Gasteiger partial charge in [0.05, 0.1) is 18.4 Å². The molecule has 0 spiro atoms. The summed E-state index contributed by atoms with van der Waals surface area (Å²) >= 11 is 0. The summed E-state index contributed by atoms with van der Waals surface area (Å²) in [5.41, 5.74) is -0.367. The van der Waals surface area contributed by atoms with Crippen molar-refractivity contribution in [3.05, 3.63) is 59.7 Å². The number of anilines is 1. The molecule has 0 aliphatic carbocycles. The maximum atomic E-state index is 13.0. The lowest BCUT2D eigenvalue weighted by molar-refractivity contribution is -0.137. The van der Waals surface area contributed by atoms with Gasteiger partial charge < -0.3 is 15.0 Å². The van der Waals surface area contributed by atoms with Crippen LogP contribution in [0.25, 0.3) is 0 Å². The standard InChI is InChI=1S/C20H21F3N2O3/c1-14(26)25(13-15-7-9-16(28-2)10-8-15)12-11-19(27)24-18-6-4-3-5-17(18)20(21,22)23/h3-10H,11-13H2,1-2H3,(H,24,27). The Kier molecular flexibility index (Phi) is 7.03. The smallest absolute Gasteiger partial charge is 0.418 e. The molecule has 0 saturated heterocycles. The first-order chi connectivity index (χ1) is 13.2. The van der Waals surface area contributed by atoms with E-state index < -0.39 is 17.6 Å². The number of nitrogens with one attached hydrogen (secondary N) is 1. The molecule has 28 heavy (non-hydrogen) atoms. The summed E-state index contributed by atoms with van der Waals surface area (Å²) in [7, 11) is 1.55. The molecule has 0 aliphatic heterocycles. The van der Waals surface area contributed by atoms with Gasteiger partial charge in [-0.2, -0.15) is 13.2 Å². The van der Waals surface area contributed by atoms with Crippen molar-refractivity contribution in [3.8, 4) is 5.75 Å². The first kappa shape index (κ1) is 21.3. The summed E-state index contributed by atoms with van der Waals surface area (Å²) < 4.78 is 44.1. The third-order valence-electron chi connectivity index (χ3n) is 4.09. The SMILES string of the molecule is COc1ccc(CN(CCC(=O)Nc2ccccc2C(F)(F)F)C(C)=O)cc1. The number of nitrogens with zero attached hydrogens (tertiary/aromatic N) is 1. The molecule has 5 nitrogen and oxygen atoms in total. The number of carbonyl (C=O) groups is 2. The average Bonchev–Trinajstić information content (AvgIpc) is 2.65. The maximum Gasteiger partial charge on any atom is 0.418 e. The van der Waals surface area contributed by atoms with Gasteiger partial charge in [-0.05, 0) is 29.8 Å². The molecular weight excluding hydrogens is 373 g/mol. The molecule has 2 aromatic carbocycles. The fourth-order valence-electron chi connectivity index (χ4n) is 2.59. The third kappa shape index (κ3) is 6.00. The third-order valence-corrected chi connectivity index (χ3v) is 4.09. The highest BCUT2D eigenvalue weighted by atomic mass is 19.4. The highest BCUT2D eigenvalue weighted by molar-refractivity contribution is 5.92. The summed E-state index contributed by atoms with van der Waals surface area (Å²) in [6.07, 6.45) is -4.69. The number of hydrogen-bond acceptors (Lipinski definition) is 3. The Hall–Kier alpha value is -3.03. The van der Waals surface area contributed by atoms with Gasteiger partial charge in [0.25, 0.3) is 0 Å². The fourth-order valence-corrected chi connectivity index (χ4v) is 2.59. The zero-order valence-electron chi connectivity index (χ0n) is 15.5. The number of benzene rings is 2. The van der Waals surface area contributed by atoms with E-state index in [2.05, 4.69) is 5.32 Å². The quantitative estimate of drug-likeness (QED) is 0.770. The van der Waals surface area contributed by atoms with E-state index in [1.54, 1.807) is 31.4 Å². The Bertz CT molecular complexity index is 820. The molecule has 0 heterocycles. The van der Waals surface area contributed by atoms with Crippen molar-refractivity contribution in [3.63, 3.8) is 0 Å². The molecular formula is C20H21F3N2O3. The van der Waals surface area contributed by atoms with E-state index in [4.69, 9.17) is 4.74 Å². The molecule has 0 fully saturated rings. The predicted octanol–water partition coefficient (Wildman–Crippen LogP) is 4.09. The van der Waals surface area contributed by atoms with Crippen LogP contribution in [0.5, 0.6) is 5.75 Å². The van der Waals surface area contributed by atoms with Crippen molar-refractivity contribution in [2.75, 3.05) is 19.0 Å². The van der Waals surface area contributed by atoms with Gasteiger partial charge in [0.2, 0.25) is 11.8 Å². The molecule has 8 heteroatoms. The number of amides is 2. The first-order valence-corrected chi connectivity index (χ1v) is 8.55. The van der Waals surface area contributed by atoms with Crippen molar-refractivity contribution >= 4 is 17.5 Å². The van der Waals surface area contributed by atoms with Crippen LogP contribution in [0.1, 0.15) is 24.5 Å². The second-order valence-electron chi connectivity index (χ2n) is 6.13. The van der Waals surface area contributed by atoms with E-state index in [9.17, 15) is 22.8 Å². The van der Waals surface area contributed by atoms with Crippen LogP contribution in [0, 0.1) is 0 Å². The Morgan fingerprint density at radius 3 is 2.29 bits per heavy atom. The van der Waals surface area contributed by atoms with Gasteiger partial charge in [0, 0.05) is 26.4 Å². The molecule has 2 aromatic rings. The van der Waals surface area contributed by atoms with E-state index >= 15 is 0 Å². The van der Waals surface area contributed by atoms with E-state index in [-0.39, 0.29) is 31.1 Å². The number of carbonyl (C=O) groups excluding carboxylic acids is 2. The van der Waals surface area contributed by atoms with Crippen LogP contribution >= 0.6 is 0 Å². The predicted molar refractivity (Wildman–Crippen MR) is 98.8 cm³/mol. The summed E-state index contributed by atoms with van der Waals surface area (Å²) in [6.45, 7) is 1.74. The van der Waals surface area contributed by atoms with Crippen molar-refractivity contribution < 1.29 is 27.5 Å². The van der Waals surface area contributed by atoms with Crippen molar-refractivity contribution in [2.45, 2.75) is 26.1 Å². The Balaban J connectivity index is 1.98. The van der Waals surface area contributed by atoms with Crippen LogP contribution in [-0.4, -0.2) is 30.4 Å². The van der Waals surface area contributed by atoms with E-state index in [0.717, 1.165) is 11.6 Å². The van der Waals surface area contributed by atoms with Crippen LogP contribution in [0.4, 0.5) is 18.9 Å². The number of alkyl halides is 3. The van der Waals surface area contributed by atoms with E-state index in [1.165, 1.54) is 30.0 Å². The molecule has 0 unspecified atom stereocenters. The van der Waals surface area contributed by atoms with Crippen LogP contribution in [0.3, 0.4) is 0 Å². The molecule has 150 valence electrons. The Labute approximate surface area is 161 Å². The van der Waals surface area contributed by atoms with Crippen LogP contribution < -0.4 is 10.1 Å². The minimum absolute atomic E-state index is 0.0847. The average molecular weight is 394 g/mol. The highest BCUT2D eigenvalue weighted by Gasteiger charge is 2.33. The van der Waals surface area contributed by atoms with Gasteiger partial charge in [-0.25, -0.2) is 0 Å². The topological polar surface area (TPSA) is 58.6 Å². The monoisotopic (exact) mass is 394 g/mol. The molecule has 0 atom stereocenters. The van der Waals surface area contributed by atoms with Gasteiger partial charge >= 0.3 is 6.18 Å². The number of ether oxygens (including phenoxy) is 1. The van der Waals surface area contributed by atoms with Crippen LogP contribution in [0.2, 0.25) is 0 Å². The number of hydrogen-bond donors (Lipinski definition) is 1. The van der Waals surface area contributed by atoms with E-state index in [1.807, 2.05) is 0 Å². The minimum atomic E-state index is -4.57. The Morgan fingerprint density at radius 1 is 1.07 bits per heavy atom. The normalized spacial score (nSPS) is 11.0. The van der Waals surface area contributed by atoms with Crippen LogP contribution in [0.15, 0.2) is 48.5 Å². The zero-order valence-corrected chi connectivity index (χ0v) is 15.5. The second-order valence-corrected chi connectivity index (χ2v) is 6.13. The zero-order chi connectivity index (χ0) is 20.7. The van der Waals surface area contributed by atoms with Crippen molar-refractivity contribution in [1.82, 2.24) is 4.90 Å². The highest BCUT2D eigenvalue weighted by Crippen LogP contribution is 2.34. The largest absolute Gasteiger partial charge is 0.497 e. The fraction of sp³-hybridized carbons (Fsp3) is 0.300. The molecule has 0 radical (unpaired) electrons. The molecule has 2 amide bonds. The first-order valence-electron chi connectivity index (χ1n) is 8.55. The van der Waals surface area contributed by atoms with Gasteiger partial charge in [-0.3, -0.25) is 9.59 Å². The number of rotatable bonds is 7. The maximum absolute atomic E-state index is 13.0. The summed E-state index contributed by atoms with van der Waals surface area (Å²) in [5, 5.41) is 2.28. The van der Waals surface area contributed by atoms with Crippen molar-refractivity contribution in [2.24, 2.45) is 0 Å². The molecule has 0 aliphatic rings. The van der Waals surface area contributed by atoms with Crippen LogP contribution in [-0.2, 0) is 22.3 Å². The summed E-state index contributed by atoms with van der Waals surface area (Å²) in [5.74, 6) is -0.155. The molecule has 1 N–H and O–H groups in total. The van der Waals surface area contributed by atoms with Gasteiger partial charge in [0.15, 0.2) is 0 Å². The lowest BCUT2D eigenvalue weighted by Crippen LogP contribution is -2.31. The molecule has 0 saturated carbocycles. The molecule has 0 bridgehead atoms. The lowest BCUT2D eigenvalue weighted by atomic mass is 10.1. The summed E-state index contributed by atoms with van der Waals surface area (Å²) in [4.78, 5) is 25.4. The van der Waals surface area contributed by atoms with Gasteiger partial charge in [-0.15, -0.1) is 0 Å². The molecule has 0 aromatic heterocycles. The Morgan fingerprint density at radius 2 is 1.71 bits per heavy atom. The number of para-hydroxylation sites is 1. The minimum Gasteiger partial charge on any atom is -0.497 e. The van der Waals surface area contributed by atoms with E-state index in [0.29, 0.717) is 5.75 Å². The van der Waals surface area contributed by atoms with Gasteiger partial charge in [-0.1, -0.05) is 24.3 Å². The van der Waals surface area contributed by atoms with Crippen molar-refractivity contribution in [1.29, 1.82) is 0 Å². The number of halogens is 3. The van der Waals surface area contributed by atoms with Gasteiger partial charge in [0.1, 0.15) is 5.75 Å². The second kappa shape index (κ2) is 9.25.